The van der Waals surface area contributed by atoms with Crippen LogP contribution in [-0.2, 0) is 0 Å². The first-order valence-electron chi connectivity index (χ1n) is 6.02. The van der Waals surface area contributed by atoms with Crippen molar-refractivity contribution in [1.82, 2.24) is 0 Å². The van der Waals surface area contributed by atoms with Gasteiger partial charge in [-0.1, -0.05) is 49.7 Å². The molecule has 18 heavy (non-hydrogen) atoms. The minimum Gasteiger partial charge on any atom is -0.383 e. The van der Waals surface area contributed by atoms with Gasteiger partial charge < -0.3 is 5.11 Å². The van der Waals surface area contributed by atoms with E-state index in [1.54, 1.807) is 0 Å². The maximum absolute atomic E-state index is 10.3. The van der Waals surface area contributed by atoms with E-state index in [4.69, 9.17) is 11.6 Å². The first kappa shape index (κ1) is 13.6. The van der Waals surface area contributed by atoms with E-state index in [0.29, 0.717) is 5.92 Å². The number of hydrogen-bond acceptors (Lipinski definition) is 2. The van der Waals surface area contributed by atoms with Crippen LogP contribution < -0.4 is 0 Å². The number of rotatable bonds is 3. The monoisotopic (exact) mass is 280 g/mol. The molecular formula is C15H17ClOS. The summed E-state index contributed by atoms with van der Waals surface area (Å²) in [5.41, 5.74) is 3.22. The van der Waals surface area contributed by atoms with Gasteiger partial charge in [-0.3, -0.25) is 0 Å². The third-order valence-electron chi connectivity index (χ3n) is 3.06. The second kappa shape index (κ2) is 5.43. The van der Waals surface area contributed by atoms with Gasteiger partial charge in [-0.2, -0.15) is 0 Å². The van der Waals surface area contributed by atoms with E-state index < -0.39 is 6.10 Å². The Hall–Kier alpha value is -0.830. The molecule has 0 fully saturated rings. The summed E-state index contributed by atoms with van der Waals surface area (Å²) >= 11 is 7.48. The maximum Gasteiger partial charge on any atom is 0.113 e. The van der Waals surface area contributed by atoms with Gasteiger partial charge in [-0.25, -0.2) is 0 Å². The molecule has 1 unspecified atom stereocenters. The van der Waals surface area contributed by atoms with Crippen molar-refractivity contribution in [2.24, 2.45) is 0 Å². The topological polar surface area (TPSA) is 20.2 Å². The van der Waals surface area contributed by atoms with Gasteiger partial charge in [0.2, 0.25) is 0 Å². The second-order valence-corrected chi connectivity index (χ2v) is 6.52. The summed E-state index contributed by atoms with van der Waals surface area (Å²) in [6.07, 6.45) is -0.581. The minimum absolute atomic E-state index is 0.509. The van der Waals surface area contributed by atoms with Crippen LogP contribution in [0.25, 0.3) is 0 Å². The number of hydrogen-bond donors (Lipinski definition) is 1. The lowest BCUT2D eigenvalue weighted by Gasteiger charge is -2.11. The molecule has 1 atom stereocenters. The summed E-state index contributed by atoms with van der Waals surface area (Å²) in [5.74, 6) is 0.509. The fourth-order valence-corrected chi connectivity index (χ4v) is 3.08. The molecule has 1 aromatic heterocycles. The van der Waals surface area contributed by atoms with Crippen molar-refractivity contribution in [3.8, 4) is 0 Å². The van der Waals surface area contributed by atoms with E-state index >= 15 is 0 Å². The molecule has 2 aromatic rings. The zero-order valence-electron chi connectivity index (χ0n) is 10.8. The van der Waals surface area contributed by atoms with E-state index in [1.807, 2.05) is 25.1 Å². The zero-order chi connectivity index (χ0) is 13.3. The lowest BCUT2D eigenvalue weighted by molar-refractivity contribution is 0.224. The summed E-state index contributed by atoms with van der Waals surface area (Å²) in [4.78, 5) is 0.898. The summed E-state index contributed by atoms with van der Waals surface area (Å²) in [5, 5.41) is 10.3. The molecule has 0 aliphatic carbocycles. The highest BCUT2D eigenvalue weighted by Gasteiger charge is 2.14. The van der Waals surface area contributed by atoms with Crippen molar-refractivity contribution in [3.63, 3.8) is 0 Å². The Balaban J connectivity index is 2.25. The van der Waals surface area contributed by atoms with Crippen LogP contribution in [0.5, 0.6) is 0 Å². The highest BCUT2D eigenvalue weighted by Crippen LogP contribution is 2.34. The Morgan fingerprint density at radius 2 is 1.67 bits per heavy atom. The lowest BCUT2D eigenvalue weighted by atomic mass is 9.99. The molecule has 2 rings (SSSR count). The first-order chi connectivity index (χ1) is 8.49. The quantitative estimate of drug-likeness (QED) is 0.846. The Morgan fingerprint density at radius 3 is 2.11 bits per heavy atom. The predicted molar refractivity (Wildman–Crippen MR) is 78.7 cm³/mol. The van der Waals surface area contributed by atoms with Crippen LogP contribution in [0.3, 0.4) is 0 Å². The van der Waals surface area contributed by atoms with Crippen LogP contribution in [0.2, 0.25) is 4.34 Å². The Morgan fingerprint density at radius 1 is 1.11 bits per heavy atom. The highest BCUT2D eigenvalue weighted by atomic mass is 35.5. The molecule has 0 spiro atoms. The number of halogens is 1. The number of benzene rings is 1. The van der Waals surface area contributed by atoms with Crippen molar-refractivity contribution in [3.05, 3.63) is 56.2 Å². The maximum atomic E-state index is 10.3. The van der Waals surface area contributed by atoms with E-state index in [-0.39, 0.29) is 0 Å². The minimum atomic E-state index is -0.581. The van der Waals surface area contributed by atoms with Gasteiger partial charge in [-0.05, 0) is 35.6 Å². The van der Waals surface area contributed by atoms with Crippen LogP contribution >= 0.6 is 22.9 Å². The van der Waals surface area contributed by atoms with Gasteiger partial charge in [0.05, 0.1) is 4.34 Å². The number of aliphatic hydroxyl groups excluding tert-OH is 1. The van der Waals surface area contributed by atoms with E-state index in [2.05, 4.69) is 26.0 Å². The molecule has 96 valence electrons. The largest absolute Gasteiger partial charge is 0.383 e. The number of aliphatic hydroxyl groups is 1. The fourth-order valence-electron chi connectivity index (χ4n) is 1.85. The van der Waals surface area contributed by atoms with Crippen molar-refractivity contribution in [2.45, 2.75) is 32.8 Å². The van der Waals surface area contributed by atoms with Gasteiger partial charge in [0, 0.05) is 4.88 Å². The van der Waals surface area contributed by atoms with E-state index in [9.17, 15) is 5.11 Å². The third kappa shape index (κ3) is 2.77. The standard InChI is InChI=1S/C15H17ClOS/c1-9(2)11-4-6-12(7-5-11)14(17)13-8-10(3)15(16)18-13/h4-9,14,17H,1-3H3. The van der Waals surface area contributed by atoms with Gasteiger partial charge in [0.1, 0.15) is 6.10 Å². The Bertz CT molecular complexity index is 508. The summed E-state index contributed by atoms with van der Waals surface area (Å²) in [6, 6.07) is 10.1. The highest BCUT2D eigenvalue weighted by molar-refractivity contribution is 7.16. The molecule has 3 heteroatoms. The average molecular weight is 281 g/mol. The van der Waals surface area contributed by atoms with Crippen LogP contribution in [0.4, 0.5) is 0 Å². The van der Waals surface area contributed by atoms with Gasteiger partial charge in [-0.15, -0.1) is 11.3 Å². The summed E-state index contributed by atoms with van der Waals surface area (Å²) in [7, 11) is 0. The van der Waals surface area contributed by atoms with Crippen molar-refractivity contribution in [1.29, 1.82) is 0 Å². The molecule has 0 aliphatic rings. The molecule has 1 N–H and O–H groups in total. The van der Waals surface area contributed by atoms with Gasteiger partial charge >= 0.3 is 0 Å². The molecular weight excluding hydrogens is 264 g/mol. The lowest BCUT2D eigenvalue weighted by Crippen LogP contribution is -1.97. The molecule has 0 amide bonds. The smallest absolute Gasteiger partial charge is 0.113 e. The summed E-state index contributed by atoms with van der Waals surface area (Å²) < 4.78 is 0.753. The van der Waals surface area contributed by atoms with Crippen LogP contribution in [0.1, 0.15) is 47.4 Å². The molecule has 0 aliphatic heterocycles. The summed E-state index contributed by atoms with van der Waals surface area (Å²) in [6.45, 7) is 6.28. The molecule has 0 bridgehead atoms. The fraction of sp³-hybridized carbons (Fsp3) is 0.333. The molecule has 1 heterocycles. The second-order valence-electron chi connectivity index (χ2n) is 4.83. The predicted octanol–water partition coefficient (Wildman–Crippen LogP) is 4.92. The van der Waals surface area contributed by atoms with E-state index in [1.165, 1.54) is 16.9 Å². The van der Waals surface area contributed by atoms with Crippen molar-refractivity contribution in [2.75, 3.05) is 0 Å². The Kier molecular flexibility index (Phi) is 4.10. The van der Waals surface area contributed by atoms with Gasteiger partial charge in [0.15, 0.2) is 0 Å². The number of thiophene rings is 1. The van der Waals surface area contributed by atoms with Crippen LogP contribution in [0, 0.1) is 6.92 Å². The van der Waals surface area contributed by atoms with Crippen molar-refractivity contribution < 1.29 is 5.11 Å². The zero-order valence-corrected chi connectivity index (χ0v) is 12.3. The van der Waals surface area contributed by atoms with Crippen LogP contribution in [-0.4, -0.2) is 5.11 Å². The molecule has 0 saturated heterocycles. The average Bonchev–Trinajstić information content (AvgIpc) is 2.69. The molecule has 0 saturated carbocycles. The first-order valence-corrected chi connectivity index (χ1v) is 7.22. The SMILES string of the molecule is Cc1cc(C(O)c2ccc(C(C)C)cc2)sc1Cl. The molecule has 1 aromatic carbocycles. The third-order valence-corrected chi connectivity index (χ3v) is 4.67. The molecule has 0 radical (unpaired) electrons. The van der Waals surface area contributed by atoms with Gasteiger partial charge in [0.25, 0.3) is 0 Å². The molecule has 1 nitrogen and oxygen atoms in total. The van der Waals surface area contributed by atoms with Crippen molar-refractivity contribution >= 4 is 22.9 Å². The Labute approximate surface area is 117 Å². The van der Waals surface area contributed by atoms with Crippen LogP contribution in [0.15, 0.2) is 30.3 Å². The normalized spacial score (nSPS) is 13.0. The number of aryl methyl sites for hydroxylation is 1. The van der Waals surface area contributed by atoms with E-state index in [0.717, 1.165) is 20.3 Å².